The third-order valence-corrected chi connectivity index (χ3v) is 5.20. The number of H-pyrrole nitrogens is 1. The van der Waals surface area contributed by atoms with E-state index in [-0.39, 0.29) is 18.2 Å². The summed E-state index contributed by atoms with van der Waals surface area (Å²) in [6, 6.07) is 13.5. The molecular formula is C23H16F3N5O2. The molecule has 3 heterocycles. The molecule has 0 spiro atoms. The molecule has 2 aromatic carbocycles. The highest BCUT2D eigenvalue weighted by Gasteiger charge is 2.30. The molecule has 0 aliphatic heterocycles. The van der Waals surface area contributed by atoms with Crippen molar-refractivity contribution in [2.75, 3.05) is 5.32 Å². The highest BCUT2D eigenvalue weighted by molar-refractivity contribution is 6.03. The summed E-state index contributed by atoms with van der Waals surface area (Å²) in [5.74, 6) is -0.324. The number of hydrogen-bond acceptors (Lipinski definition) is 4. The molecule has 0 atom stereocenters. The number of amides is 1. The number of aromatic nitrogens is 4. The maximum atomic E-state index is 13.0. The minimum absolute atomic E-state index is 0.140. The molecule has 33 heavy (non-hydrogen) atoms. The second kappa shape index (κ2) is 7.75. The molecule has 0 bridgehead atoms. The Morgan fingerprint density at radius 3 is 2.67 bits per heavy atom. The first-order valence-corrected chi connectivity index (χ1v) is 9.88. The normalized spacial score (nSPS) is 11.9. The first kappa shape index (κ1) is 20.7. The lowest BCUT2D eigenvalue weighted by Gasteiger charge is -2.08. The molecule has 5 aromatic rings. The first-order valence-electron chi connectivity index (χ1n) is 9.88. The van der Waals surface area contributed by atoms with Gasteiger partial charge in [-0.1, -0.05) is 24.3 Å². The van der Waals surface area contributed by atoms with Crippen LogP contribution in [0.5, 0.6) is 0 Å². The summed E-state index contributed by atoms with van der Waals surface area (Å²) < 4.78 is 40.7. The summed E-state index contributed by atoms with van der Waals surface area (Å²) in [5.41, 5.74) is 2.55. The topological polar surface area (TPSA) is 95.3 Å². The third-order valence-electron chi connectivity index (χ3n) is 5.20. The molecule has 0 radical (unpaired) electrons. The van der Waals surface area contributed by atoms with E-state index in [9.17, 15) is 23.1 Å². The zero-order chi connectivity index (χ0) is 23.2. The smallest absolute Gasteiger partial charge is 0.392 e. The van der Waals surface area contributed by atoms with Crippen molar-refractivity contribution >= 4 is 28.5 Å². The molecular weight excluding hydrogens is 435 g/mol. The summed E-state index contributed by atoms with van der Waals surface area (Å²) in [4.78, 5) is 24.2. The van der Waals surface area contributed by atoms with Crippen LogP contribution in [-0.4, -0.2) is 30.4 Å². The van der Waals surface area contributed by atoms with E-state index in [4.69, 9.17) is 0 Å². The van der Waals surface area contributed by atoms with Crippen LogP contribution < -0.4 is 5.32 Å². The van der Waals surface area contributed by atoms with Crippen molar-refractivity contribution in [3.63, 3.8) is 0 Å². The van der Waals surface area contributed by atoms with E-state index >= 15 is 0 Å². The fraction of sp³-hybridized carbons (Fsp3) is 0.0870. The van der Waals surface area contributed by atoms with Crippen molar-refractivity contribution in [1.29, 1.82) is 0 Å². The number of hydrogen-bond donors (Lipinski definition) is 3. The zero-order valence-corrected chi connectivity index (χ0v) is 16.9. The average molecular weight is 451 g/mol. The van der Waals surface area contributed by atoms with Crippen LogP contribution in [0, 0.1) is 0 Å². The Hall–Kier alpha value is -4.18. The second-order valence-corrected chi connectivity index (χ2v) is 7.40. The summed E-state index contributed by atoms with van der Waals surface area (Å²) >= 11 is 0. The lowest BCUT2D eigenvalue weighted by Crippen LogP contribution is -2.13. The number of aliphatic hydroxyl groups is 1. The van der Waals surface area contributed by atoms with Crippen LogP contribution in [0.1, 0.15) is 21.6 Å². The van der Waals surface area contributed by atoms with Crippen molar-refractivity contribution in [2.24, 2.45) is 0 Å². The van der Waals surface area contributed by atoms with Gasteiger partial charge in [0.25, 0.3) is 5.91 Å². The van der Waals surface area contributed by atoms with E-state index in [2.05, 4.69) is 20.3 Å². The molecule has 5 rings (SSSR count). The van der Waals surface area contributed by atoms with Gasteiger partial charge in [0.1, 0.15) is 11.3 Å². The van der Waals surface area contributed by atoms with E-state index in [0.29, 0.717) is 33.4 Å². The van der Waals surface area contributed by atoms with Gasteiger partial charge in [-0.2, -0.15) is 13.2 Å². The van der Waals surface area contributed by atoms with E-state index in [0.717, 1.165) is 12.1 Å². The third kappa shape index (κ3) is 3.92. The number of nitrogens with one attached hydrogen (secondary N) is 2. The molecule has 0 aliphatic rings. The zero-order valence-electron chi connectivity index (χ0n) is 16.9. The minimum atomic E-state index is -4.43. The van der Waals surface area contributed by atoms with Crippen molar-refractivity contribution in [3.8, 4) is 11.1 Å². The number of anilines is 1. The highest BCUT2D eigenvalue weighted by atomic mass is 19.4. The summed E-state index contributed by atoms with van der Waals surface area (Å²) in [5, 5.41) is 12.1. The van der Waals surface area contributed by atoms with Crippen molar-refractivity contribution < 1.29 is 23.1 Å². The number of carbonyl (C=O) groups is 1. The Morgan fingerprint density at radius 1 is 1.06 bits per heavy atom. The Kier molecular flexibility index (Phi) is 4.86. The van der Waals surface area contributed by atoms with Gasteiger partial charge in [-0.15, -0.1) is 0 Å². The number of pyridine rings is 1. The molecule has 0 aliphatic carbocycles. The molecule has 7 nitrogen and oxygen atoms in total. The number of carbonyl (C=O) groups excluding carboxylic acids is 1. The van der Waals surface area contributed by atoms with Crippen LogP contribution in [0.15, 0.2) is 67.0 Å². The van der Waals surface area contributed by atoms with Crippen molar-refractivity contribution in [2.45, 2.75) is 12.8 Å². The summed E-state index contributed by atoms with van der Waals surface area (Å²) in [6.45, 7) is -0.208. The van der Waals surface area contributed by atoms with Gasteiger partial charge < -0.3 is 14.5 Å². The first-order chi connectivity index (χ1) is 15.8. The summed E-state index contributed by atoms with van der Waals surface area (Å²) in [7, 11) is 0. The van der Waals surface area contributed by atoms with Gasteiger partial charge in [0.15, 0.2) is 0 Å². The van der Waals surface area contributed by atoms with Gasteiger partial charge in [-0.05, 0) is 41.5 Å². The number of halogens is 3. The average Bonchev–Trinajstić information content (AvgIpc) is 3.41. The van der Waals surface area contributed by atoms with E-state index in [1.807, 2.05) is 0 Å². The number of aliphatic hydroxyl groups excluding tert-OH is 1. The maximum absolute atomic E-state index is 13.0. The molecule has 3 aromatic heterocycles. The highest BCUT2D eigenvalue weighted by Crippen LogP contribution is 2.33. The molecule has 3 N–H and O–H groups in total. The molecule has 0 saturated carbocycles. The van der Waals surface area contributed by atoms with E-state index in [1.165, 1.54) is 12.3 Å². The van der Waals surface area contributed by atoms with Crippen LogP contribution in [0.4, 0.5) is 19.1 Å². The predicted octanol–water partition coefficient (Wildman–Crippen LogP) is 4.64. The van der Waals surface area contributed by atoms with Gasteiger partial charge in [0, 0.05) is 18.0 Å². The fourth-order valence-electron chi connectivity index (χ4n) is 3.60. The number of imidazole rings is 2. The van der Waals surface area contributed by atoms with Gasteiger partial charge in [0.2, 0.25) is 5.95 Å². The van der Waals surface area contributed by atoms with Crippen LogP contribution in [0.3, 0.4) is 0 Å². The SMILES string of the molecule is O=C(Nc1nc2ccc(-c3cccc(C(F)(F)F)c3)cc2[nH]1)c1cn2cccc(CO)c2n1. The lowest BCUT2D eigenvalue weighted by atomic mass is 10.0. The van der Waals surface area contributed by atoms with Crippen LogP contribution in [0.2, 0.25) is 0 Å². The summed E-state index contributed by atoms with van der Waals surface area (Å²) in [6.07, 6.45) is -1.17. The Morgan fingerprint density at radius 2 is 1.88 bits per heavy atom. The van der Waals surface area contributed by atoms with Crippen LogP contribution in [0.25, 0.3) is 27.8 Å². The number of benzene rings is 2. The standard InChI is InChI=1S/C23H16F3N5O2/c24-23(25,26)16-5-1-3-13(9-16)14-6-7-17-18(10-14)29-22(28-17)30-21(33)19-11-31-8-2-4-15(12-32)20(31)27-19/h1-11,32H,12H2,(H2,28,29,30,33). The Bertz CT molecular complexity index is 1500. The monoisotopic (exact) mass is 451 g/mol. The number of alkyl halides is 3. The number of aromatic amines is 1. The molecule has 0 fully saturated rings. The quantitative estimate of drug-likeness (QED) is 0.371. The molecule has 0 unspecified atom stereocenters. The van der Waals surface area contributed by atoms with Crippen LogP contribution >= 0.6 is 0 Å². The van der Waals surface area contributed by atoms with Crippen molar-refractivity contribution in [3.05, 3.63) is 83.8 Å². The number of rotatable bonds is 4. The Balaban J connectivity index is 1.42. The second-order valence-electron chi connectivity index (χ2n) is 7.40. The largest absolute Gasteiger partial charge is 0.416 e. The fourth-order valence-corrected chi connectivity index (χ4v) is 3.60. The number of nitrogens with zero attached hydrogens (tertiary/aromatic N) is 3. The minimum Gasteiger partial charge on any atom is -0.392 e. The van der Waals surface area contributed by atoms with Gasteiger partial charge in [-0.3, -0.25) is 10.1 Å². The van der Waals surface area contributed by atoms with Gasteiger partial charge in [0.05, 0.1) is 23.2 Å². The Labute approximate surface area is 184 Å². The van der Waals surface area contributed by atoms with Crippen molar-refractivity contribution in [1.82, 2.24) is 19.4 Å². The maximum Gasteiger partial charge on any atom is 0.416 e. The molecule has 1 amide bonds. The predicted molar refractivity (Wildman–Crippen MR) is 116 cm³/mol. The van der Waals surface area contributed by atoms with Gasteiger partial charge >= 0.3 is 6.18 Å². The van der Waals surface area contributed by atoms with Gasteiger partial charge in [-0.25, -0.2) is 9.97 Å². The lowest BCUT2D eigenvalue weighted by molar-refractivity contribution is -0.137. The molecule has 166 valence electrons. The molecule has 0 saturated heterocycles. The van der Waals surface area contributed by atoms with E-state index in [1.54, 1.807) is 47.0 Å². The van der Waals surface area contributed by atoms with Crippen LogP contribution in [-0.2, 0) is 12.8 Å². The molecule has 10 heteroatoms. The van der Waals surface area contributed by atoms with E-state index < -0.39 is 17.6 Å². The number of fused-ring (bicyclic) bond motifs is 2.